The SMILES string of the molecule is CC(C)(C)N(C(=O)O)[C@@H](C(=O)N1CCc2cc(-c3ccnc(N)n3)ccc21)c1ccccc1. The van der Waals surface area contributed by atoms with E-state index < -0.39 is 17.7 Å². The Morgan fingerprint density at radius 2 is 1.85 bits per heavy atom. The van der Waals surface area contributed by atoms with E-state index in [0.717, 1.165) is 16.8 Å². The maximum absolute atomic E-state index is 13.9. The van der Waals surface area contributed by atoms with E-state index in [9.17, 15) is 14.7 Å². The third kappa shape index (κ3) is 4.37. The molecule has 2 amide bonds. The Bertz CT molecular complexity index is 1190. The summed E-state index contributed by atoms with van der Waals surface area (Å²) in [5, 5.41) is 10.0. The number of rotatable bonds is 4. The predicted octanol–water partition coefficient (Wildman–Crippen LogP) is 4.13. The molecular formula is C25H27N5O3. The quantitative estimate of drug-likeness (QED) is 0.624. The van der Waals surface area contributed by atoms with Crippen LogP contribution in [-0.2, 0) is 11.2 Å². The molecule has 1 aliphatic heterocycles. The third-order valence-corrected chi connectivity index (χ3v) is 5.75. The highest BCUT2D eigenvalue weighted by Crippen LogP contribution is 2.37. The number of nitrogen functional groups attached to an aromatic ring is 1. The van der Waals surface area contributed by atoms with Crippen molar-refractivity contribution in [2.75, 3.05) is 17.2 Å². The zero-order valence-electron chi connectivity index (χ0n) is 18.9. The molecule has 1 aromatic heterocycles. The summed E-state index contributed by atoms with van der Waals surface area (Å²) in [5.41, 5.74) is 8.97. The highest BCUT2D eigenvalue weighted by molar-refractivity contribution is 6.01. The van der Waals surface area contributed by atoms with Crippen LogP contribution in [0.15, 0.2) is 60.8 Å². The Labute approximate surface area is 192 Å². The molecule has 170 valence electrons. The minimum atomic E-state index is -1.14. The molecule has 3 aromatic rings. The van der Waals surface area contributed by atoms with E-state index in [1.165, 1.54) is 4.90 Å². The van der Waals surface area contributed by atoms with Crippen molar-refractivity contribution in [1.82, 2.24) is 14.9 Å². The first kappa shape index (κ1) is 22.3. The largest absolute Gasteiger partial charge is 0.465 e. The average Bonchev–Trinajstić information content (AvgIpc) is 3.19. The Morgan fingerprint density at radius 1 is 1.12 bits per heavy atom. The van der Waals surface area contributed by atoms with Crippen molar-refractivity contribution in [2.24, 2.45) is 0 Å². The van der Waals surface area contributed by atoms with Crippen LogP contribution < -0.4 is 10.6 Å². The molecule has 33 heavy (non-hydrogen) atoms. The molecule has 0 saturated carbocycles. The molecule has 8 heteroatoms. The van der Waals surface area contributed by atoms with Gasteiger partial charge < -0.3 is 15.7 Å². The topological polar surface area (TPSA) is 113 Å². The van der Waals surface area contributed by atoms with Crippen LogP contribution >= 0.6 is 0 Å². The number of carbonyl (C=O) groups excluding carboxylic acids is 1. The molecule has 3 N–H and O–H groups in total. The molecule has 0 saturated heterocycles. The van der Waals surface area contributed by atoms with Crippen LogP contribution in [0.2, 0.25) is 0 Å². The monoisotopic (exact) mass is 445 g/mol. The number of benzene rings is 2. The van der Waals surface area contributed by atoms with Crippen LogP contribution in [0.5, 0.6) is 0 Å². The smallest absolute Gasteiger partial charge is 0.408 e. The lowest BCUT2D eigenvalue weighted by atomic mass is 9.97. The maximum Gasteiger partial charge on any atom is 0.408 e. The van der Waals surface area contributed by atoms with Crippen molar-refractivity contribution in [2.45, 2.75) is 38.8 Å². The van der Waals surface area contributed by atoms with Crippen molar-refractivity contribution < 1.29 is 14.7 Å². The second-order valence-corrected chi connectivity index (χ2v) is 9.02. The average molecular weight is 446 g/mol. The molecule has 1 atom stereocenters. The van der Waals surface area contributed by atoms with E-state index in [1.54, 1.807) is 50.1 Å². The van der Waals surface area contributed by atoms with Crippen LogP contribution in [0.25, 0.3) is 11.3 Å². The molecule has 0 unspecified atom stereocenters. The Morgan fingerprint density at radius 3 is 2.48 bits per heavy atom. The van der Waals surface area contributed by atoms with Gasteiger partial charge in [-0.2, -0.15) is 0 Å². The van der Waals surface area contributed by atoms with Gasteiger partial charge in [0.1, 0.15) is 6.04 Å². The van der Waals surface area contributed by atoms with Gasteiger partial charge in [0, 0.05) is 29.5 Å². The first-order chi connectivity index (χ1) is 15.7. The van der Waals surface area contributed by atoms with Gasteiger partial charge >= 0.3 is 6.09 Å². The number of fused-ring (bicyclic) bond motifs is 1. The minimum absolute atomic E-state index is 0.200. The highest BCUT2D eigenvalue weighted by Gasteiger charge is 2.41. The van der Waals surface area contributed by atoms with E-state index >= 15 is 0 Å². The number of carbonyl (C=O) groups is 2. The van der Waals surface area contributed by atoms with Gasteiger partial charge in [-0.1, -0.05) is 36.4 Å². The van der Waals surface area contributed by atoms with E-state index in [4.69, 9.17) is 5.73 Å². The van der Waals surface area contributed by atoms with Gasteiger partial charge in [0.15, 0.2) is 0 Å². The van der Waals surface area contributed by atoms with Crippen LogP contribution in [0.3, 0.4) is 0 Å². The van der Waals surface area contributed by atoms with Crippen molar-refractivity contribution in [1.29, 1.82) is 0 Å². The maximum atomic E-state index is 13.9. The normalized spacial score (nSPS) is 14.0. The Balaban J connectivity index is 1.72. The predicted molar refractivity (Wildman–Crippen MR) is 127 cm³/mol. The number of anilines is 2. The minimum Gasteiger partial charge on any atom is -0.465 e. The Kier molecular flexibility index (Phi) is 5.76. The van der Waals surface area contributed by atoms with Crippen LogP contribution in [0.1, 0.15) is 37.9 Å². The Hall–Kier alpha value is -3.94. The summed E-state index contributed by atoms with van der Waals surface area (Å²) in [6.45, 7) is 5.86. The summed E-state index contributed by atoms with van der Waals surface area (Å²) >= 11 is 0. The van der Waals surface area contributed by atoms with Crippen LogP contribution in [0.4, 0.5) is 16.4 Å². The first-order valence-corrected chi connectivity index (χ1v) is 10.8. The van der Waals surface area contributed by atoms with Crippen molar-refractivity contribution in [3.8, 4) is 11.3 Å². The number of nitrogens with zero attached hydrogens (tertiary/aromatic N) is 4. The molecule has 1 aliphatic rings. The van der Waals surface area contributed by atoms with Gasteiger partial charge in [0.2, 0.25) is 5.95 Å². The lowest BCUT2D eigenvalue weighted by Crippen LogP contribution is -2.52. The number of carboxylic acid groups (broad SMARTS) is 1. The van der Waals surface area contributed by atoms with Crippen LogP contribution in [-0.4, -0.2) is 44.1 Å². The van der Waals surface area contributed by atoms with Gasteiger partial charge in [0.05, 0.1) is 5.69 Å². The summed E-state index contributed by atoms with van der Waals surface area (Å²) < 4.78 is 0. The molecule has 0 aliphatic carbocycles. The van der Waals surface area contributed by atoms with Gasteiger partial charge in [-0.05, 0) is 56.5 Å². The number of amides is 2. The molecule has 0 fully saturated rings. The highest BCUT2D eigenvalue weighted by atomic mass is 16.4. The lowest BCUT2D eigenvalue weighted by Gasteiger charge is -2.40. The zero-order chi connectivity index (χ0) is 23.8. The van der Waals surface area contributed by atoms with E-state index in [-0.39, 0.29) is 11.9 Å². The molecular weight excluding hydrogens is 418 g/mol. The zero-order valence-corrected chi connectivity index (χ0v) is 18.9. The van der Waals surface area contributed by atoms with Crippen molar-refractivity contribution in [3.05, 3.63) is 71.9 Å². The molecule has 0 bridgehead atoms. The molecule has 0 radical (unpaired) electrons. The second kappa shape index (κ2) is 8.54. The third-order valence-electron chi connectivity index (χ3n) is 5.75. The number of hydrogen-bond acceptors (Lipinski definition) is 5. The van der Waals surface area contributed by atoms with Gasteiger partial charge in [-0.25, -0.2) is 14.8 Å². The van der Waals surface area contributed by atoms with E-state index in [0.29, 0.717) is 24.2 Å². The second-order valence-electron chi connectivity index (χ2n) is 9.02. The lowest BCUT2D eigenvalue weighted by molar-refractivity contribution is -0.125. The summed E-state index contributed by atoms with van der Waals surface area (Å²) in [4.78, 5) is 37.3. The summed E-state index contributed by atoms with van der Waals surface area (Å²) in [7, 11) is 0. The van der Waals surface area contributed by atoms with Gasteiger partial charge in [-0.3, -0.25) is 9.69 Å². The van der Waals surface area contributed by atoms with Crippen LogP contribution in [0, 0.1) is 0 Å². The van der Waals surface area contributed by atoms with Crippen molar-refractivity contribution in [3.63, 3.8) is 0 Å². The van der Waals surface area contributed by atoms with E-state index in [2.05, 4.69) is 9.97 Å². The summed E-state index contributed by atoms with van der Waals surface area (Å²) in [5.74, 6) is -0.0669. The fourth-order valence-corrected chi connectivity index (χ4v) is 4.29. The van der Waals surface area contributed by atoms with E-state index in [1.807, 2.05) is 36.4 Å². The molecule has 4 rings (SSSR count). The molecule has 8 nitrogen and oxygen atoms in total. The number of nitrogens with two attached hydrogens (primary N) is 1. The standard InChI is InChI=1S/C25H27N5O3/c1-25(2,3)30(24(32)33)21(16-7-5-4-6-8-16)22(31)29-14-12-18-15-17(9-10-20(18)29)19-11-13-27-23(26)28-19/h4-11,13,15,21H,12,14H2,1-3H3,(H,32,33)(H2,26,27,28)/t21-/m1/s1. The van der Waals surface area contributed by atoms with Gasteiger partial charge in [0.25, 0.3) is 5.91 Å². The molecule has 0 spiro atoms. The fourth-order valence-electron chi connectivity index (χ4n) is 4.29. The fraction of sp³-hybridized carbons (Fsp3) is 0.280. The van der Waals surface area contributed by atoms with Crippen molar-refractivity contribution >= 4 is 23.6 Å². The molecule has 2 heterocycles. The summed E-state index contributed by atoms with van der Waals surface area (Å²) in [6, 6.07) is 15.7. The molecule has 2 aromatic carbocycles. The van der Waals surface area contributed by atoms with Gasteiger partial charge in [-0.15, -0.1) is 0 Å². The number of hydrogen-bond donors (Lipinski definition) is 2. The number of aromatic nitrogens is 2. The first-order valence-electron chi connectivity index (χ1n) is 10.8. The summed E-state index contributed by atoms with van der Waals surface area (Å²) in [6.07, 6.45) is 1.14.